The Morgan fingerprint density at radius 2 is 2.10 bits per heavy atom. The van der Waals surface area contributed by atoms with E-state index in [1.165, 1.54) is 18.0 Å². The molecule has 1 saturated heterocycles. The summed E-state index contributed by atoms with van der Waals surface area (Å²) in [7, 11) is 1.53. The Morgan fingerprint density at radius 1 is 1.27 bits per heavy atom. The van der Waals surface area contributed by atoms with E-state index in [1.807, 2.05) is 18.2 Å². The highest BCUT2D eigenvalue weighted by Gasteiger charge is 2.26. The smallest absolute Gasteiger partial charge is 0.293 e. The van der Waals surface area contributed by atoms with Crippen molar-refractivity contribution in [3.63, 3.8) is 0 Å². The third kappa shape index (κ3) is 6.82. The molecule has 2 aromatic carbocycles. The number of nitrogens with two attached hydrogens (primary N) is 1. The van der Waals surface area contributed by atoms with Gasteiger partial charge in [-0.25, -0.2) is 10.1 Å². The molecule has 2 aromatic heterocycles. The van der Waals surface area contributed by atoms with Crippen LogP contribution in [-0.4, -0.2) is 75.7 Å². The topological polar surface area (TPSA) is 168 Å². The van der Waals surface area contributed by atoms with Crippen molar-refractivity contribution < 1.29 is 23.6 Å². The summed E-state index contributed by atoms with van der Waals surface area (Å²) < 4.78 is 23.6. The van der Waals surface area contributed by atoms with Gasteiger partial charge >= 0.3 is 0 Å². The first-order valence-corrected chi connectivity index (χ1v) is 13.5. The van der Waals surface area contributed by atoms with Crippen LogP contribution in [0.3, 0.4) is 0 Å². The molecule has 3 N–H and O–H groups in total. The molecule has 214 valence electrons. The van der Waals surface area contributed by atoms with Crippen LogP contribution in [0.15, 0.2) is 50.6 Å². The van der Waals surface area contributed by atoms with E-state index >= 15 is 0 Å². The summed E-state index contributed by atoms with van der Waals surface area (Å²) in [5.41, 5.74) is 10.4. The van der Waals surface area contributed by atoms with Crippen LogP contribution in [0.4, 0.5) is 5.82 Å². The Morgan fingerprint density at radius 3 is 2.83 bits per heavy atom. The first kappa shape index (κ1) is 28.5. The molecule has 0 saturated carbocycles. The highest BCUT2D eigenvalue weighted by molar-refractivity contribution is 9.10. The molecule has 5 rings (SSSR count). The SMILES string of the molecule is COc1cc(/C=N\NC(=O)c2nnn(-c3nonc3N)c2CN2CCOCC2)cc(Br)c1OCc1cccc(Cl)c1. The van der Waals surface area contributed by atoms with E-state index in [0.717, 1.165) is 5.56 Å². The molecule has 0 bridgehead atoms. The number of hydrogen-bond acceptors (Lipinski definition) is 12. The zero-order chi connectivity index (χ0) is 28.8. The molecular weight excluding hydrogens is 622 g/mol. The number of methoxy groups -OCH3 is 1. The van der Waals surface area contributed by atoms with Crippen LogP contribution in [0.2, 0.25) is 5.02 Å². The number of halogens is 2. The minimum absolute atomic E-state index is 0.0163. The van der Waals surface area contributed by atoms with E-state index in [1.54, 1.807) is 18.2 Å². The van der Waals surface area contributed by atoms with Gasteiger partial charge in [0.15, 0.2) is 17.2 Å². The van der Waals surface area contributed by atoms with Crippen molar-refractivity contribution in [3.8, 4) is 17.3 Å². The van der Waals surface area contributed by atoms with Crippen LogP contribution in [0.5, 0.6) is 11.5 Å². The van der Waals surface area contributed by atoms with Gasteiger partial charge in [-0.15, -0.1) is 5.10 Å². The van der Waals surface area contributed by atoms with Crippen molar-refractivity contribution in [2.24, 2.45) is 5.10 Å². The van der Waals surface area contributed by atoms with E-state index in [0.29, 0.717) is 71.7 Å². The fourth-order valence-electron chi connectivity index (χ4n) is 4.05. The number of carbonyl (C=O) groups excluding carboxylic acids is 1. The minimum Gasteiger partial charge on any atom is -0.493 e. The van der Waals surface area contributed by atoms with Crippen molar-refractivity contribution in [2.45, 2.75) is 13.2 Å². The molecule has 14 nitrogen and oxygen atoms in total. The number of amides is 1. The molecule has 0 atom stereocenters. The maximum absolute atomic E-state index is 13.1. The van der Waals surface area contributed by atoms with Crippen LogP contribution in [-0.2, 0) is 17.9 Å². The Labute approximate surface area is 247 Å². The van der Waals surface area contributed by atoms with Gasteiger partial charge in [-0.2, -0.15) is 9.78 Å². The quantitative estimate of drug-likeness (QED) is 0.192. The number of morpholine rings is 1. The molecule has 16 heteroatoms. The van der Waals surface area contributed by atoms with Crippen molar-refractivity contribution in [2.75, 3.05) is 39.1 Å². The molecule has 1 amide bonds. The second kappa shape index (κ2) is 13.1. The first-order chi connectivity index (χ1) is 19.9. The third-order valence-corrected chi connectivity index (χ3v) is 6.88. The van der Waals surface area contributed by atoms with Gasteiger partial charge in [0.2, 0.25) is 11.6 Å². The fraction of sp³-hybridized carbons (Fsp3) is 0.280. The Balaban J connectivity index is 1.31. The molecule has 0 aliphatic carbocycles. The van der Waals surface area contributed by atoms with Crippen molar-refractivity contribution >= 4 is 45.5 Å². The molecule has 1 aliphatic rings. The minimum atomic E-state index is -0.571. The highest BCUT2D eigenvalue weighted by atomic mass is 79.9. The van der Waals surface area contributed by atoms with Crippen LogP contribution in [0, 0.1) is 0 Å². The Bertz CT molecular complexity index is 1550. The molecule has 1 fully saturated rings. The predicted molar refractivity (Wildman–Crippen MR) is 151 cm³/mol. The van der Waals surface area contributed by atoms with Crippen molar-refractivity contribution in [3.05, 3.63) is 68.4 Å². The number of anilines is 1. The van der Waals surface area contributed by atoms with Gasteiger partial charge in [-0.3, -0.25) is 9.69 Å². The van der Waals surface area contributed by atoms with E-state index in [-0.39, 0.29) is 17.3 Å². The summed E-state index contributed by atoms with van der Waals surface area (Å²) in [6.45, 7) is 3.13. The number of nitrogen functional groups attached to an aromatic ring is 1. The Kier molecular flexibility index (Phi) is 9.08. The molecule has 3 heterocycles. The molecule has 0 spiro atoms. The molecule has 1 aliphatic heterocycles. The number of ether oxygens (including phenoxy) is 3. The lowest BCUT2D eigenvalue weighted by Gasteiger charge is -2.26. The number of benzene rings is 2. The molecule has 41 heavy (non-hydrogen) atoms. The van der Waals surface area contributed by atoms with E-state index in [9.17, 15) is 4.79 Å². The summed E-state index contributed by atoms with van der Waals surface area (Å²) in [5.74, 6) is 0.572. The maximum Gasteiger partial charge on any atom is 0.293 e. The molecule has 0 unspecified atom stereocenters. The van der Waals surface area contributed by atoms with Crippen molar-refractivity contribution in [1.82, 2.24) is 35.6 Å². The molecular formula is C25H25BrClN9O5. The van der Waals surface area contributed by atoms with Gasteiger partial charge in [0, 0.05) is 24.7 Å². The number of carbonyl (C=O) groups is 1. The monoisotopic (exact) mass is 645 g/mol. The summed E-state index contributed by atoms with van der Waals surface area (Å²) in [4.78, 5) is 15.2. The lowest BCUT2D eigenvalue weighted by atomic mass is 10.2. The average Bonchev–Trinajstić information content (AvgIpc) is 3.58. The van der Waals surface area contributed by atoms with Gasteiger partial charge in [-0.05, 0) is 61.6 Å². The van der Waals surface area contributed by atoms with Crippen LogP contribution >= 0.6 is 27.5 Å². The lowest BCUT2D eigenvalue weighted by Crippen LogP contribution is -2.37. The fourth-order valence-corrected chi connectivity index (χ4v) is 4.84. The standard InChI is InChI=1S/C25H25BrClN9O5/c1-38-20-11-16(10-18(26)22(20)40-14-15-3-2-4-17(27)9-15)12-29-31-25(37)21-19(13-35-5-7-39-8-6-35)36(34-30-21)24-23(28)32-41-33-24/h2-4,9-12H,5-8,13-14H2,1H3,(H2,28,32)(H,31,37)/b29-12-. The van der Waals surface area contributed by atoms with Crippen LogP contribution in [0.1, 0.15) is 27.3 Å². The van der Waals surface area contributed by atoms with Gasteiger partial charge in [0.25, 0.3) is 5.91 Å². The largest absolute Gasteiger partial charge is 0.493 e. The zero-order valence-electron chi connectivity index (χ0n) is 21.8. The van der Waals surface area contributed by atoms with E-state index < -0.39 is 5.91 Å². The summed E-state index contributed by atoms with van der Waals surface area (Å²) >= 11 is 9.59. The number of hydrogen-bond donors (Lipinski definition) is 2. The zero-order valence-corrected chi connectivity index (χ0v) is 24.1. The normalized spacial score (nSPS) is 13.9. The third-order valence-electron chi connectivity index (χ3n) is 6.06. The lowest BCUT2D eigenvalue weighted by molar-refractivity contribution is 0.0332. The number of hydrazone groups is 1. The molecule has 4 aromatic rings. The van der Waals surface area contributed by atoms with Gasteiger partial charge in [0.1, 0.15) is 6.61 Å². The molecule has 0 radical (unpaired) electrons. The summed E-state index contributed by atoms with van der Waals surface area (Å²) in [5, 5.41) is 20.2. The second-order valence-electron chi connectivity index (χ2n) is 8.81. The Hall–Kier alpha value is -4.05. The summed E-state index contributed by atoms with van der Waals surface area (Å²) in [6.07, 6.45) is 1.47. The van der Waals surface area contributed by atoms with Crippen molar-refractivity contribution in [1.29, 1.82) is 0 Å². The first-order valence-electron chi connectivity index (χ1n) is 12.3. The number of nitrogens with one attached hydrogen (secondary N) is 1. The van der Waals surface area contributed by atoms with Crippen LogP contribution < -0.4 is 20.6 Å². The summed E-state index contributed by atoms with van der Waals surface area (Å²) in [6, 6.07) is 10.9. The maximum atomic E-state index is 13.1. The van der Waals surface area contributed by atoms with Gasteiger partial charge in [-0.1, -0.05) is 28.9 Å². The average molecular weight is 647 g/mol. The number of rotatable bonds is 10. The number of aromatic nitrogens is 5. The highest BCUT2D eigenvalue weighted by Crippen LogP contribution is 2.37. The number of nitrogens with zero attached hydrogens (tertiary/aromatic N) is 7. The van der Waals surface area contributed by atoms with E-state index in [2.05, 4.69) is 52.0 Å². The predicted octanol–water partition coefficient (Wildman–Crippen LogP) is 2.83. The van der Waals surface area contributed by atoms with Gasteiger partial charge < -0.3 is 19.9 Å². The van der Waals surface area contributed by atoms with E-state index in [4.69, 9.17) is 36.2 Å². The second-order valence-corrected chi connectivity index (χ2v) is 10.1. The van der Waals surface area contributed by atoms with Gasteiger partial charge in [0.05, 0.1) is 36.7 Å². The van der Waals surface area contributed by atoms with Crippen LogP contribution in [0.25, 0.3) is 5.82 Å².